The molecular formula is C12H16O6. The van der Waals surface area contributed by atoms with E-state index in [4.69, 9.17) is 4.74 Å². The zero-order valence-corrected chi connectivity index (χ0v) is 10.4. The van der Waals surface area contributed by atoms with Crippen molar-refractivity contribution in [3.05, 3.63) is 11.8 Å². The molecule has 0 fully saturated rings. The maximum atomic E-state index is 11.2. The van der Waals surface area contributed by atoms with Crippen LogP contribution >= 0.6 is 0 Å². The molecule has 6 heteroatoms. The lowest BCUT2D eigenvalue weighted by Crippen LogP contribution is -2.38. The molecule has 0 radical (unpaired) electrons. The van der Waals surface area contributed by atoms with Crippen LogP contribution in [0.2, 0.25) is 0 Å². The number of aldehydes is 1. The first-order valence-electron chi connectivity index (χ1n) is 5.51. The maximum absolute atomic E-state index is 11.2. The van der Waals surface area contributed by atoms with E-state index in [0.717, 1.165) is 5.57 Å². The molecule has 0 spiro atoms. The third-order valence-corrected chi connectivity index (χ3v) is 2.81. The topological polar surface area (TPSA) is 78.9 Å². The molecule has 0 aromatic carbocycles. The Morgan fingerprint density at radius 3 is 2.50 bits per heavy atom. The molecule has 0 saturated carbocycles. The lowest BCUT2D eigenvalue weighted by Gasteiger charge is -2.30. The van der Waals surface area contributed by atoms with Crippen LogP contribution in [0.25, 0.3) is 0 Å². The average molecular weight is 256 g/mol. The predicted molar refractivity (Wildman–Crippen MR) is 60.5 cm³/mol. The predicted octanol–water partition coefficient (Wildman–Crippen LogP) is 0.745. The van der Waals surface area contributed by atoms with Crippen molar-refractivity contribution < 1.29 is 28.6 Å². The minimum absolute atomic E-state index is 0.129. The molecule has 6 nitrogen and oxygen atoms in total. The highest BCUT2D eigenvalue weighted by molar-refractivity contribution is 5.78. The van der Waals surface area contributed by atoms with E-state index in [2.05, 4.69) is 9.47 Å². The Morgan fingerprint density at radius 2 is 2.06 bits per heavy atom. The minimum Gasteiger partial charge on any atom is -0.487 e. The van der Waals surface area contributed by atoms with Gasteiger partial charge in [0.1, 0.15) is 0 Å². The van der Waals surface area contributed by atoms with Crippen LogP contribution in [-0.4, -0.2) is 38.0 Å². The van der Waals surface area contributed by atoms with E-state index in [1.54, 1.807) is 0 Å². The summed E-state index contributed by atoms with van der Waals surface area (Å²) >= 11 is 0. The molecule has 1 atom stereocenters. The van der Waals surface area contributed by atoms with Gasteiger partial charge < -0.3 is 14.2 Å². The molecule has 100 valence electrons. The van der Waals surface area contributed by atoms with Crippen molar-refractivity contribution in [2.75, 3.05) is 14.2 Å². The first-order chi connectivity index (χ1) is 8.55. The monoisotopic (exact) mass is 256 g/mol. The number of carbonyl (C=O) groups excluding carboxylic acids is 3. The zero-order chi connectivity index (χ0) is 13.6. The number of rotatable bonds is 5. The summed E-state index contributed by atoms with van der Waals surface area (Å²) in [6.07, 6.45) is 2.81. The molecular weight excluding hydrogens is 240 g/mol. The molecule has 1 heterocycles. The molecule has 0 aromatic heterocycles. The molecule has 0 aromatic rings. The summed E-state index contributed by atoms with van der Waals surface area (Å²) in [6, 6.07) is 0. The van der Waals surface area contributed by atoms with Gasteiger partial charge >= 0.3 is 11.9 Å². The molecule has 0 N–H and O–H groups in total. The van der Waals surface area contributed by atoms with Crippen molar-refractivity contribution in [1.29, 1.82) is 0 Å². The second kappa shape index (κ2) is 6.18. The summed E-state index contributed by atoms with van der Waals surface area (Å²) in [5.74, 6) is -0.872. The lowest BCUT2D eigenvalue weighted by atomic mass is 9.90. The van der Waals surface area contributed by atoms with Gasteiger partial charge in [-0.15, -0.1) is 0 Å². The fourth-order valence-corrected chi connectivity index (χ4v) is 1.65. The zero-order valence-electron chi connectivity index (χ0n) is 10.4. The molecule has 1 aliphatic heterocycles. The van der Waals surface area contributed by atoms with Crippen LogP contribution in [0.3, 0.4) is 0 Å². The van der Waals surface area contributed by atoms with E-state index < -0.39 is 11.6 Å². The summed E-state index contributed by atoms with van der Waals surface area (Å²) in [5.41, 5.74) is -0.434. The molecule has 18 heavy (non-hydrogen) atoms. The van der Waals surface area contributed by atoms with Crippen LogP contribution < -0.4 is 0 Å². The Morgan fingerprint density at radius 1 is 1.39 bits per heavy atom. The van der Waals surface area contributed by atoms with Gasteiger partial charge in [-0.05, 0) is 18.4 Å². The summed E-state index contributed by atoms with van der Waals surface area (Å²) in [7, 11) is 2.56. The first kappa shape index (κ1) is 14.2. The fourth-order valence-electron chi connectivity index (χ4n) is 1.65. The molecule has 0 bridgehead atoms. The number of hydrogen-bond donors (Lipinski definition) is 0. The van der Waals surface area contributed by atoms with Crippen LogP contribution in [0.4, 0.5) is 0 Å². The van der Waals surface area contributed by atoms with Gasteiger partial charge in [-0.25, -0.2) is 0 Å². The van der Waals surface area contributed by atoms with Gasteiger partial charge in [0.15, 0.2) is 11.9 Å². The summed E-state index contributed by atoms with van der Waals surface area (Å²) in [5, 5.41) is 0. The largest absolute Gasteiger partial charge is 0.487 e. The molecule has 0 saturated heterocycles. The van der Waals surface area contributed by atoms with Crippen molar-refractivity contribution in [2.24, 2.45) is 0 Å². The highest BCUT2D eigenvalue weighted by Crippen LogP contribution is 2.30. The molecule has 1 aliphatic rings. The summed E-state index contributed by atoms with van der Waals surface area (Å²) < 4.78 is 14.4. The Bertz CT molecular complexity index is 373. The van der Waals surface area contributed by atoms with Gasteiger partial charge in [0, 0.05) is 0 Å². The highest BCUT2D eigenvalue weighted by atomic mass is 16.5. The first-order valence-corrected chi connectivity index (χ1v) is 5.51. The number of methoxy groups -OCH3 is 2. The SMILES string of the molecule is COC(=O)CC1=COC(C=O)(CC(=O)OC)CC1. The standard InChI is InChI=1S/C12H16O6/c1-16-10(14)5-9-3-4-12(8-13,18-7-9)6-11(15)17-2/h7-8H,3-6H2,1-2H3. The molecule has 1 unspecified atom stereocenters. The van der Waals surface area contributed by atoms with Gasteiger partial charge in [0.05, 0.1) is 33.3 Å². The quantitative estimate of drug-likeness (QED) is 0.533. The second-order valence-corrected chi connectivity index (χ2v) is 4.08. The summed E-state index contributed by atoms with van der Waals surface area (Å²) in [4.78, 5) is 33.3. The van der Waals surface area contributed by atoms with Crippen molar-refractivity contribution in [2.45, 2.75) is 31.3 Å². The number of esters is 2. The third-order valence-electron chi connectivity index (χ3n) is 2.81. The van der Waals surface area contributed by atoms with E-state index in [9.17, 15) is 14.4 Å². The van der Waals surface area contributed by atoms with Gasteiger partial charge in [-0.3, -0.25) is 14.4 Å². The third kappa shape index (κ3) is 3.58. The fraction of sp³-hybridized carbons (Fsp3) is 0.583. The second-order valence-electron chi connectivity index (χ2n) is 4.08. The van der Waals surface area contributed by atoms with Crippen LogP contribution in [-0.2, 0) is 28.6 Å². The van der Waals surface area contributed by atoms with Gasteiger partial charge in [-0.1, -0.05) is 0 Å². The minimum atomic E-state index is -1.17. The van der Waals surface area contributed by atoms with Gasteiger partial charge in [0.2, 0.25) is 0 Å². The number of carbonyl (C=O) groups is 3. The van der Waals surface area contributed by atoms with Crippen molar-refractivity contribution in [3.8, 4) is 0 Å². The molecule has 0 amide bonds. The van der Waals surface area contributed by atoms with Crippen LogP contribution in [0.5, 0.6) is 0 Å². The summed E-state index contributed by atoms with van der Waals surface area (Å²) in [6.45, 7) is 0. The van der Waals surface area contributed by atoms with Crippen LogP contribution in [0.15, 0.2) is 11.8 Å². The normalized spacial score (nSPS) is 22.4. The smallest absolute Gasteiger partial charge is 0.310 e. The Labute approximate surface area is 105 Å². The van der Waals surface area contributed by atoms with Crippen molar-refractivity contribution in [3.63, 3.8) is 0 Å². The Kier molecular flexibility index (Phi) is 4.88. The van der Waals surface area contributed by atoms with Gasteiger partial charge in [-0.2, -0.15) is 0 Å². The van der Waals surface area contributed by atoms with Crippen LogP contribution in [0, 0.1) is 0 Å². The van der Waals surface area contributed by atoms with Crippen molar-refractivity contribution in [1.82, 2.24) is 0 Å². The van der Waals surface area contributed by atoms with E-state index in [1.807, 2.05) is 0 Å². The number of ether oxygens (including phenoxy) is 3. The lowest BCUT2D eigenvalue weighted by molar-refractivity contribution is -0.151. The van der Waals surface area contributed by atoms with E-state index >= 15 is 0 Å². The molecule has 0 aliphatic carbocycles. The number of hydrogen-bond acceptors (Lipinski definition) is 6. The average Bonchev–Trinajstić information content (AvgIpc) is 2.40. The van der Waals surface area contributed by atoms with Crippen LogP contribution in [0.1, 0.15) is 25.7 Å². The van der Waals surface area contributed by atoms with E-state index in [-0.39, 0.29) is 18.8 Å². The van der Waals surface area contributed by atoms with Crippen molar-refractivity contribution >= 4 is 18.2 Å². The van der Waals surface area contributed by atoms with E-state index in [1.165, 1.54) is 20.5 Å². The Hall–Kier alpha value is -1.85. The van der Waals surface area contributed by atoms with Gasteiger partial charge in [0.25, 0.3) is 0 Å². The van der Waals surface area contributed by atoms with E-state index in [0.29, 0.717) is 19.1 Å². The Balaban J connectivity index is 2.65. The highest BCUT2D eigenvalue weighted by Gasteiger charge is 2.37. The maximum Gasteiger partial charge on any atom is 0.310 e. The molecule has 1 rings (SSSR count).